The molecule has 0 radical (unpaired) electrons. The fourth-order valence-electron chi connectivity index (χ4n) is 0.923. The first-order chi connectivity index (χ1) is 5.99. The van der Waals surface area contributed by atoms with Crippen LogP contribution in [0.5, 0.6) is 0 Å². The number of hydrogen-bond acceptors (Lipinski definition) is 4. The molecule has 1 rings (SSSR count). The van der Waals surface area contributed by atoms with Crippen LogP contribution < -0.4 is 0 Å². The number of rotatable bonds is 2. The molecule has 0 N–H and O–H groups in total. The van der Waals surface area contributed by atoms with E-state index in [9.17, 15) is 15.0 Å². The van der Waals surface area contributed by atoms with Crippen molar-refractivity contribution in [3.05, 3.63) is 38.9 Å². The zero-order valence-electron chi connectivity index (χ0n) is 6.81. The minimum absolute atomic E-state index is 0.110. The molecule has 70 valence electrons. The van der Waals surface area contributed by atoms with E-state index in [2.05, 4.69) is 5.18 Å². The largest absolute Gasteiger partial charge is 0.266 e. The van der Waals surface area contributed by atoms with Crippen molar-refractivity contribution in [2.45, 2.75) is 17.8 Å². The minimum atomic E-state index is -1.08. The van der Waals surface area contributed by atoms with E-state index in [1.54, 1.807) is 0 Å². The van der Waals surface area contributed by atoms with Gasteiger partial charge in [0.2, 0.25) is 0 Å². The van der Waals surface area contributed by atoms with Gasteiger partial charge in [-0.2, -0.15) is 0 Å². The maximum atomic E-state index is 10.4. The molecule has 0 heterocycles. The second-order valence-electron chi connectivity index (χ2n) is 2.90. The summed E-state index contributed by atoms with van der Waals surface area (Å²) < 4.78 is 0. The lowest BCUT2D eigenvalue weighted by molar-refractivity contribution is -0.419. The van der Waals surface area contributed by atoms with Crippen LogP contribution >= 0.6 is 11.6 Å². The Labute approximate surface area is 79.2 Å². The molecule has 1 aliphatic rings. The fourth-order valence-corrected chi connectivity index (χ4v) is 1.16. The van der Waals surface area contributed by atoms with Crippen LogP contribution in [-0.2, 0) is 0 Å². The third kappa shape index (κ3) is 1.75. The van der Waals surface area contributed by atoms with Crippen LogP contribution in [0, 0.1) is 15.0 Å². The first-order valence-electron chi connectivity index (χ1n) is 3.53. The molecular formula is C7H7ClN2O3. The molecule has 2 atom stereocenters. The van der Waals surface area contributed by atoms with Gasteiger partial charge in [0.25, 0.3) is 5.70 Å². The zero-order valence-corrected chi connectivity index (χ0v) is 7.56. The molecule has 6 heteroatoms. The third-order valence-corrected chi connectivity index (χ3v) is 2.44. The SMILES string of the molecule is CC1(N=O)C=CC([N+](=O)[O-])=CC1Cl. The number of halogens is 1. The normalized spacial score (nSPS) is 32.5. The first kappa shape index (κ1) is 9.85. The molecule has 1 aliphatic carbocycles. The molecule has 0 bridgehead atoms. The topological polar surface area (TPSA) is 72.6 Å². The smallest absolute Gasteiger partial charge is 0.258 e. The maximum absolute atomic E-state index is 10.4. The first-order valence-corrected chi connectivity index (χ1v) is 3.97. The van der Waals surface area contributed by atoms with Crippen molar-refractivity contribution < 1.29 is 4.92 Å². The minimum Gasteiger partial charge on any atom is -0.258 e. The van der Waals surface area contributed by atoms with Crippen molar-refractivity contribution in [3.8, 4) is 0 Å². The Kier molecular flexibility index (Phi) is 2.47. The van der Waals surface area contributed by atoms with Crippen molar-refractivity contribution in [3.63, 3.8) is 0 Å². The van der Waals surface area contributed by atoms with Gasteiger partial charge in [0, 0.05) is 12.2 Å². The summed E-state index contributed by atoms with van der Waals surface area (Å²) in [6.45, 7) is 1.52. The van der Waals surface area contributed by atoms with Crippen molar-refractivity contribution in [1.82, 2.24) is 0 Å². The van der Waals surface area contributed by atoms with Gasteiger partial charge in [-0.15, -0.1) is 16.5 Å². The third-order valence-electron chi connectivity index (χ3n) is 1.87. The Morgan fingerprint density at radius 1 is 1.77 bits per heavy atom. The molecule has 13 heavy (non-hydrogen) atoms. The van der Waals surface area contributed by atoms with E-state index < -0.39 is 15.8 Å². The highest BCUT2D eigenvalue weighted by atomic mass is 35.5. The summed E-state index contributed by atoms with van der Waals surface area (Å²) in [6, 6.07) is 0. The van der Waals surface area contributed by atoms with Crippen LogP contribution in [-0.4, -0.2) is 15.8 Å². The Balaban J connectivity index is 2.97. The van der Waals surface area contributed by atoms with E-state index in [1.165, 1.54) is 25.2 Å². The maximum Gasteiger partial charge on any atom is 0.266 e. The molecule has 0 fully saturated rings. The van der Waals surface area contributed by atoms with Crippen LogP contribution in [0.2, 0.25) is 0 Å². The number of nitro groups is 1. The van der Waals surface area contributed by atoms with Crippen LogP contribution in [0.15, 0.2) is 29.1 Å². The highest BCUT2D eigenvalue weighted by molar-refractivity contribution is 6.23. The van der Waals surface area contributed by atoms with E-state index in [1.807, 2.05) is 0 Å². The van der Waals surface area contributed by atoms with Gasteiger partial charge in [-0.25, -0.2) is 0 Å². The Morgan fingerprint density at radius 2 is 2.38 bits per heavy atom. The van der Waals surface area contributed by atoms with Gasteiger partial charge >= 0.3 is 0 Å². The molecule has 0 aliphatic heterocycles. The van der Waals surface area contributed by atoms with Crippen molar-refractivity contribution in [2.24, 2.45) is 5.18 Å². The van der Waals surface area contributed by atoms with Gasteiger partial charge in [-0.1, -0.05) is 5.18 Å². The molecular weight excluding hydrogens is 196 g/mol. The highest BCUT2D eigenvalue weighted by Crippen LogP contribution is 2.29. The van der Waals surface area contributed by atoms with E-state index in [0.29, 0.717) is 0 Å². The number of allylic oxidation sites excluding steroid dienone is 1. The van der Waals surface area contributed by atoms with Crippen molar-refractivity contribution >= 4 is 11.6 Å². The highest BCUT2D eigenvalue weighted by Gasteiger charge is 2.35. The van der Waals surface area contributed by atoms with E-state index >= 15 is 0 Å². The molecule has 0 amide bonds. The second-order valence-corrected chi connectivity index (χ2v) is 3.37. The van der Waals surface area contributed by atoms with Crippen LogP contribution in [0.3, 0.4) is 0 Å². The van der Waals surface area contributed by atoms with Crippen LogP contribution in [0.25, 0.3) is 0 Å². The zero-order chi connectivity index (χ0) is 10.1. The lowest BCUT2D eigenvalue weighted by Gasteiger charge is -2.22. The monoisotopic (exact) mass is 202 g/mol. The Bertz CT molecular complexity index is 313. The Hall–Kier alpha value is -1.23. The van der Waals surface area contributed by atoms with Crippen LogP contribution in [0.4, 0.5) is 0 Å². The average Bonchev–Trinajstić information content (AvgIpc) is 2.09. The predicted molar refractivity (Wildman–Crippen MR) is 48.1 cm³/mol. The van der Waals surface area contributed by atoms with Gasteiger partial charge in [0.1, 0.15) is 5.54 Å². The molecule has 0 aromatic rings. The molecule has 5 nitrogen and oxygen atoms in total. The summed E-state index contributed by atoms with van der Waals surface area (Å²) in [5, 5.41) is 12.4. The summed E-state index contributed by atoms with van der Waals surface area (Å²) in [7, 11) is 0. The number of hydrogen-bond donors (Lipinski definition) is 0. The number of nitroso groups, excluding NO2 is 1. The lowest BCUT2D eigenvalue weighted by Crippen LogP contribution is -2.32. The summed E-state index contributed by atoms with van der Waals surface area (Å²) in [4.78, 5) is 20.1. The molecule has 2 unspecified atom stereocenters. The quantitative estimate of drug-likeness (QED) is 0.297. The van der Waals surface area contributed by atoms with Gasteiger partial charge in [-0.3, -0.25) is 10.1 Å². The Morgan fingerprint density at radius 3 is 2.77 bits per heavy atom. The summed E-state index contributed by atoms with van der Waals surface area (Å²) >= 11 is 5.74. The van der Waals surface area contributed by atoms with E-state index in [-0.39, 0.29) is 5.70 Å². The number of nitrogens with zero attached hydrogens (tertiary/aromatic N) is 2. The molecule has 0 saturated heterocycles. The average molecular weight is 203 g/mol. The summed E-state index contributed by atoms with van der Waals surface area (Å²) in [5.74, 6) is 0. The molecule has 0 saturated carbocycles. The van der Waals surface area contributed by atoms with Gasteiger partial charge in [-0.05, 0) is 13.0 Å². The summed E-state index contributed by atoms with van der Waals surface area (Å²) in [5.41, 5.74) is -1.19. The second kappa shape index (κ2) is 3.26. The van der Waals surface area contributed by atoms with Gasteiger partial charge in [0.15, 0.2) is 0 Å². The van der Waals surface area contributed by atoms with Crippen molar-refractivity contribution in [1.29, 1.82) is 0 Å². The van der Waals surface area contributed by atoms with Crippen LogP contribution in [0.1, 0.15) is 6.92 Å². The molecule has 0 spiro atoms. The van der Waals surface area contributed by atoms with Gasteiger partial charge < -0.3 is 0 Å². The number of alkyl halides is 1. The fraction of sp³-hybridized carbons (Fsp3) is 0.429. The standard InChI is InChI=1S/C7H7ClN2O3/c1-7(9-11)3-2-5(10(12)13)4-6(7)8/h2-4,6H,1H3. The molecule has 0 aromatic heterocycles. The predicted octanol–water partition coefficient (Wildman–Crippen LogP) is 1.85. The van der Waals surface area contributed by atoms with E-state index in [4.69, 9.17) is 11.6 Å². The summed E-state index contributed by atoms with van der Waals surface area (Å²) in [6.07, 6.45) is 3.79. The van der Waals surface area contributed by atoms with Gasteiger partial charge in [0.05, 0.1) is 10.3 Å². The van der Waals surface area contributed by atoms with Crippen molar-refractivity contribution in [2.75, 3.05) is 0 Å². The lowest BCUT2D eigenvalue weighted by atomic mass is 9.93. The molecule has 0 aromatic carbocycles. The van der Waals surface area contributed by atoms with E-state index in [0.717, 1.165) is 0 Å².